The molecule has 1 N–H and O–H groups in total. The first-order valence-electron chi connectivity index (χ1n) is 3.89. The molecule has 0 aromatic rings. The van der Waals surface area contributed by atoms with Gasteiger partial charge in [-0.05, 0) is 18.6 Å². The first-order valence-corrected chi connectivity index (χ1v) is 3.89. The Morgan fingerprint density at radius 3 is 1.92 bits per heavy atom. The van der Waals surface area contributed by atoms with Crippen LogP contribution in [0, 0.1) is 0 Å². The van der Waals surface area contributed by atoms with E-state index in [0.717, 1.165) is 0 Å². The van der Waals surface area contributed by atoms with Gasteiger partial charge in [-0.15, -0.1) is 0 Å². The Bertz CT molecular complexity index is 180. The van der Waals surface area contributed by atoms with Crippen LogP contribution >= 0.6 is 0 Å². The average molecular weight is 172 g/mol. The minimum atomic E-state index is -0.563. The van der Waals surface area contributed by atoms with Crippen molar-refractivity contribution in [2.75, 3.05) is 6.61 Å². The van der Waals surface area contributed by atoms with Gasteiger partial charge in [0.2, 0.25) is 0 Å². The lowest BCUT2D eigenvalue weighted by Gasteiger charge is -1.99. The topological polar surface area (TPSA) is 20.2 Å². The van der Waals surface area contributed by atoms with Gasteiger partial charge in [0.25, 0.3) is 0 Å². The molecule has 0 aliphatic rings. The number of rotatable bonds is 3. The zero-order valence-corrected chi connectivity index (χ0v) is 8.02. The summed E-state index contributed by atoms with van der Waals surface area (Å²) < 4.78 is 12.1. The maximum Gasteiger partial charge on any atom is 0.116 e. The molecule has 0 bridgehead atoms. The highest BCUT2D eigenvalue weighted by atomic mass is 19.1. The Morgan fingerprint density at radius 1 is 1.42 bits per heavy atom. The number of aliphatic hydroxyl groups excluding tert-OH is 1. The summed E-state index contributed by atoms with van der Waals surface area (Å²) in [5.41, 5.74) is 1.13. The molecule has 0 saturated heterocycles. The summed E-state index contributed by atoms with van der Waals surface area (Å²) in [6.07, 6.45) is 1.17. The number of hydrogen-bond acceptors (Lipinski definition) is 1. The molecule has 0 aromatic heterocycles. The molecule has 0 rings (SSSR count). The van der Waals surface area contributed by atoms with E-state index in [0.29, 0.717) is 11.1 Å². The summed E-state index contributed by atoms with van der Waals surface area (Å²) in [7, 11) is 0. The van der Waals surface area contributed by atoms with Gasteiger partial charge < -0.3 is 5.11 Å². The Balaban J connectivity index is 0. The molecular weight excluding hydrogens is 155 g/mol. The fourth-order valence-electron chi connectivity index (χ4n) is 0.493. The SMILES string of the molecule is C=C(F)/C=C(/CO)C(=C)C.CC. The second-order valence-electron chi connectivity index (χ2n) is 2.05. The molecular formula is C10H17FO. The summed E-state index contributed by atoms with van der Waals surface area (Å²) in [5.74, 6) is -0.563. The van der Waals surface area contributed by atoms with Gasteiger partial charge in [-0.3, -0.25) is 0 Å². The van der Waals surface area contributed by atoms with Crippen molar-refractivity contribution >= 4 is 0 Å². The van der Waals surface area contributed by atoms with Gasteiger partial charge in [0.1, 0.15) is 5.83 Å². The van der Waals surface area contributed by atoms with Crippen LogP contribution in [-0.4, -0.2) is 11.7 Å². The molecule has 0 spiro atoms. The first kappa shape index (κ1) is 13.7. The van der Waals surface area contributed by atoms with Crippen LogP contribution < -0.4 is 0 Å². The third-order valence-corrected chi connectivity index (χ3v) is 1.05. The standard InChI is InChI=1S/C8H11FO.C2H6/c1-6(2)8(5-10)4-7(3)9;1-2/h4,10H,1,3,5H2,2H3;1-2H3/b8-4-;. The normalized spacial score (nSPS) is 9.92. The molecule has 0 amide bonds. The third-order valence-electron chi connectivity index (χ3n) is 1.05. The predicted octanol–water partition coefficient (Wildman–Crippen LogP) is 2.99. The van der Waals surface area contributed by atoms with Gasteiger partial charge in [-0.25, -0.2) is 4.39 Å². The zero-order valence-electron chi connectivity index (χ0n) is 8.02. The quantitative estimate of drug-likeness (QED) is 0.649. The Labute approximate surface area is 73.9 Å². The van der Waals surface area contributed by atoms with Crippen molar-refractivity contribution < 1.29 is 9.50 Å². The van der Waals surface area contributed by atoms with Crippen molar-refractivity contribution in [2.24, 2.45) is 0 Å². The third kappa shape index (κ3) is 7.22. The lowest BCUT2D eigenvalue weighted by atomic mass is 10.1. The summed E-state index contributed by atoms with van der Waals surface area (Å²) in [6, 6.07) is 0. The average Bonchev–Trinajstić information content (AvgIpc) is 2.03. The van der Waals surface area contributed by atoms with E-state index in [2.05, 4.69) is 13.2 Å². The fourth-order valence-corrected chi connectivity index (χ4v) is 0.493. The van der Waals surface area contributed by atoms with Crippen LogP contribution in [0.15, 0.2) is 36.2 Å². The smallest absolute Gasteiger partial charge is 0.116 e. The van der Waals surface area contributed by atoms with Crippen LogP contribution in [0.25, 0.3) is 0 Å². The molecule has 0 aromatic carbocycles. The van der Waals surface area contributed by atoms with Crippen LogP contribution in [0.1, 0.15) is 20.8 Å². The van der Waals surface area contributed by atoms with E-state index in [4.69, 9.17) is 5.11 Å². The fraction of sp³-hybridized carbons (Fsp3) is 0.400. The number of hydrogen-bond donors (Lipinski definition) is 1. The molecule has 0 aliphatic heterocycles. The lowest BCUT2D eigenvalue weighted by Crippen LogP contribution is -1.90. The van der Waals surface area contributed by atoms with Gasteiger partial charge in [-0.2, -0.15) is 0 Å². The highest BCUT2D eigenvalue weighted by Gasteiger charge is 1.95. The maximum atomic E-state index is 12.1. The van der Waals surface area contributed by atoms with E-state index in [1.807, 2.05) is 13.8 Å². The number of halogens is 1. The van der Waals surface area contributed by atoms with Gasteiger partial charge >= 0.3 is 0 Å². The van der Waals surface area contributed by atoms with E-state index in [1.165, 1.54) is 6.08 Å². The van der Waals surface area contributed by atoms with Crippen LogP contribution in [0.3, 0.4) is 0 Å². The second-order valence-corrected chi connectivity index (χ2v) is 2.05. The molecule has 0 aliphatic carbocycles. The molecule has 70 valence electrons. The largest absolute Gasteiger partial charge is 0.392 e. The van der Waals surface area contributed by atoms with Crippen molar-refractivity contribution in [3.8, 4) is 0 Å². The monoisotopic (exact) mass is 172 g/mol. The highest BCUT2D eigenvalue weighted by Crippen LogP contribution is 2.08. The molecule has 0 unspecified atom stereocenters. The van der Waals surface area contributed by atoms with Crippen molar-refractivity contribution in [2.45, 2.75) is 20.8 Å². The van der Waals surface area contributed by atoms with E-state index < -0.39 is 5.83 Å². The van der Waals surface area contributed by atoms with Crippen LogP contribution in [0.4, 0.5) is 4.39 Å². The van der Waals surface area contributed by atoms with Gasteiger partial charge in [0.05, 0.1) is 6.61 Å². The van der Waals surface area contributed by atoms with Crippen molar-refractivity contribution in [1.82, 2.24) is 0 Å². The predicted molar refractivity (Wildman–Crippen MR) is 51.6 cm³/mol. The second kappa shape index (κ2) is 8.21. The summed E-state index contributed by atoms with van der Waals surface area (Å²) >= 11 is 0. The summed E-state index contributed by atoms with van der Waals surface area (Å²) in [6.45, 7) is 12.1. The minimum absolute atomic E-state index is 0.196. The van der Waals surface area contributed by atoms with E-state index in [9.17, 15) is 4.39 Å². The molecule has 1 nitrogen and oxygen atoms in total. The number of aliphatic hydroxyl groups is 1. The van der Waals surface area contributed by atoms with E-state index >= 15 is 0 Å². The number of allylic oxidation sites excluding steroid dienone is 2. The minimum Gasteiger partial charge on any atom is -0.392 e. The van der Waals surface area contributed by atoms with Crippen LogP contribution in [-0.2, 0) is 0 Å². The zero-order chi connectivity index (χ0) is 10.1. The summed E-state index contributed by atoms with van der Waals surface area (Å²) in [4.78, 5) is 0. The van der Waals surface area contributed by atoms with Gasteiger partial charge in [-0.1, -0.05) is 32.6 Å². The first-order chi connectivity index (χ1) is 5.57. The Hall–Kier alpha value is -0.890. The molecule has 0 fully saturated rings. The Kier molecular flexibility index (Phi) is 9.36. The maximum absolute atomic E-state index is 12.1. The Morgan fingerprint density at radius 2 is 1.83 bits per heavy atom. The lowest BCUT2D eigenvalue weighted by molar-refractivity contribution is 0.333. The van der Waals surface area contributed by atoms with Crippen molar-refractivity contribution in [1.29, 1.82) is 0 Å². The van der Waals surface area contributed by atoms with E-state index in [1.54, 1.807) is 6.92 Å². The van der Waals surface area contributed by atoms with Gasteiger partial charge in [0, 0.05) is 0 Å². The van der Waals surface area contributed by atoms with Gasteiger partial charge in [0.15, 0.2) is 0 Å². The molecule has 12 heavy (non-hydrogen) atoms. The van der Waals surface area contributed by atoms with E-state index in [-0.39, 0.29) is 6.61 Å². The van der Waals surface area contributed by atoms with Crippen molar-refractivity contribution in [3.63, 3.8) is 0 Å². The molecule has 2 heteroatoms. The summed E-state index contributed by atoms with van der Waals surface area (Å²) in [5, 5.41) is 8.61. The molecule has 0 radical (unpaired) electrons. The van der Waals surface area contributed by atoms with Crippen LogP contribution in [0.5, 0.6) is 0 Å². The highest BCUT2D eigenvalue weighted by molar-refractivity contribution is 5.31. The van der Waals surface area contributed by atoms with Crippen molar-refractivity contribution in [3.05, 3.63) is 36.2 Å². The van der Waals surface area contributed by atoms with Crippen LogP contribution in [0.2, 0.25) is 0 Å². The molecule has 0 heterocycles. The molecule has 0 atom stereocenters. The molecule has 0 saturated carbocycles.